The Balaban J connectivity index is 2.21. The molecule has 3 rings (SSSR count). The Hall–Kier alpha value is -2.87. The van der Waals surface area contributed by atoms with Crippen molar-refractivity contribution in [3.63, 3.8) is 0 Å². The lowest BCUT2D eigenvalue weighted by Crippen LogP contribution is -2.13. The summed E-state index contributed by atoms with van der Waals surface area (Å²) in [6.45, 7) is 0. The van der Waals surface area contributed by atoms with E-state index in [2.05, 4.69) is 5.10 Å². The van der Waals surface area contributed by atoms with Crippen molar-refractivity contribution in [2.45, 2.75) is 5.03 Å². The van der Waals surface area contributed by atoms with Crippen molar-refractivity contribution in [2.24, 2.45) is 5.73 Å². The predicted octanol–water partition coefficient (Wildman–Crippen LogP) is 2.01. The maximum Gasteiger partial charge on any atom is 0.248 e. The zero-order valence-corrected chi connectivity index (χ0v) is 13.0. The van der Waals surface area contributed by atoms with E-state index in [1.54, 1.807) is 30.3 Å². The van der Waals surface area contributed by atoms with Gasteiger partial charge in [0.05, 0.1) is 15.2 Å². The molecule has 1 heterocycles. The molecule has 0 aliphatic heterocycles. The summed E-state index contributed by atoms with van der Waals surface area (Å²) in [5.41, 5.74) is 5.92. The van der Waals surface area contributed by atoms with E-state index in [0.717, 1.165) is 4.85 Å². The van der Waals surface area contributed by atoms with Crippen molar-refractivity contribution >= 4 is 26.5 Å². The highest BCUT2D eigenvalue weighted by Gasteiger charge is 2.20. The first-order valence-corrected chi connectivity index (χ1v) is 8.62. The van der Waals surface area contributed by atoms with Crippen LogP contribution in [0.15, 0.2) is 53.6 Å². The van der Waals surface area contributed by atoms with Gasteiger partial charge < -0.3 is 10.6 Å². The zero-order valence-electron chi connectivity index (χ0n) is 12.2. The van der Waals surface area contributed by atoms with Crippen LogP contribution in [-0.4, -0.2) is 26.3 Å². The summed E-state index contributed by atoms with van der Waals surface area (Å²) >= 11 is 0. The fourth-order valence-electron chi connectivity index (χ4n) is 2.20. The Morgan fingerprint density at radius 3 is 2.57 bits per heavy atom. The molecular formula is C15H14N4O3S. The fourth-order valence-corrected chi connectivity index (χ4v) is 3.17. The monoisotopic (exact) mass is 330 g/mol. The summed E-state index contributed by atoms with van der Waals surface area (Å²) in [6.07, 6.45) is 1.29. The normalized spacial score (nSPS) is 13.6. The van der Waals surface area contributed by atoms with E-state index >= 15 is 0 Å². The number of hydrogen-bond donors (Lipinski definition) is 2. The molecular weight excluding hydrogens is 316 g/mol. The molecule has 3 N–H and O–H groups in total. The molecule has 1 aromatic heterocycles. The Kier molecular flexibility index (Phi) is 3.53. The molecule has 0 saturated carbocycles. The number of carbonyl (C=O) groups is 1. The summed E-state index contributed by atoms with van der Waals surface area (Å²) in [4.78, 5) is 18.0. The summed E-state index contributed by atoms with van der Waals surface area (Å²) in [7, 11) is -3.11. The minimum atomic E-state index is -3.11. The predicted molar refractivity (Wildman–Crippen MR) is 85.8 cm³/mol. The third-order valence-electron chi connectivity index (χ3n) is 3.19. The van der Waals surface area contributed by atoms with Gasteiger partial charge in [-0.25, -0.2) is 8.99 Å². The molecule has 3 aromatic rings. The van der Waals surface area contributed by atoms with Crippen LogP contribution in [0, 0.1) is 4.78 Å². The van der Waals surface area contributed by atoms with Crippen LogP contribution in [0.2, 0.25) is 0 Å². The Bertz CT molecular complexity index is 994. The second-order valence-electron chi connectivity index (χ2n) is 5.02. The molecule has 23 heavy (non-hydrogen) atoms. The van der Waals surface area contributed by atoms with Crippen LogP contribution in [0.25, 0.3) is 10.9 Å². The second-order valence-corrected chi connectivity index (χ2v) is 7.10. The zero-order chi connectivity index (χ0) is 16.6. The van der Waals surface area contributed by atoms with Crippen molar-refractivity contribution < 1.29 is 13.8 Å². The van der Waals surface area contributed by atoms with Gasteiger partial charge >= 0.3 is 0 Å². The fraction of sp³-hybridized carbons (Fsp3) is 0.0667. The number of para-hydroxylation sites is 1. The first-order chi connectivity index (χ1) is 10.9. The highest BCUT2D eigenvalue weighted by atomic mass is 32.2. The number of amides is 1. The number of nitrogens with one attached hydrogen (secondary N) is 1. The third kappa shape index (κ3) is 2.88. The molecule has 0 spiro atoms. The lowest BCUT2D eigenvalue weighted by Gasteiger charge is -2.08. The van der Waals surface area contributed by atoms with Crippen LogP contribution >= 0.6 is 0 Å². The quantitative estimate of drug-likeness (QED) is 0.762. The lowest BCUT2D eigenvalue weighted by molar-refractivity contribution is 0.100. The molecule has 0 aliphatic carbocycles. The molecule has 7 nitrogen and oxygen atoms in total. The van der Waals surface area contributed by atoms with Gasteiger partial charge in [0.1, 0.15) is 0 Å². The van der Waals surface area contributed by atoms with E-state index in [1.165, 1.54) is 18.4 Å². The van der Waals surface area contributed by atoms with Gasteiger partial charge in [-0.2, -0.15) is 0 Å². The first kappa shape index (κ1) is 15.0. The lowest BCUT2D eigenvalue weighted by atomic mass is 10.1. The number of rotatable bonds is 4. The van der Waals surface area contributed by atoms with Crippen molar-refractivity contribution in [1.82, 2.24) is 9.94 Å². The van der Waals surface area contributed by atoms with Crippen LogP contribution in [0.3, 0.4) is 0 Å². The van der Waals surface area contributed by atoms with Gasteiger partial charge in [0.15, 0.2) is 10.8 Å². The van der Waals surface area contributed by atoms with E-state index in [-0.39, 0.29) is 10.6 Å². The van der Waals surface area contributed by atoms with Crippen molar-refractivity contribution in [2.75, 3.05) is 6.26 Å². The van der Waals surface area contributed by atoms with Crippen LogP contribution in [0.5, 0.6) is 5.75 Å². The Morgan fingerprint density at radius 1 is 1.26 bits per heavy atom. The van der Waals surface area contributed by atoms with Gasteiger partial charge in [-0.3, -0.25) is 4.79 Å². The van der Waals surface area contributed by atoms with Gasteiger partial charge in [0.25, 0.3) is 0 Å². The van der Waals surface area contributed by atoms with Crippen LogP contribution < -0.4 is 10.6 Å². The third-order valence-corrected chi connectivity index (χ3v) is 4.30. The molecule has 0 bridgehead atoms. The van der Waals surface area contributed by atoms with Crippen molar-refractivity contribution in [3.05, 3.63) is 54.1 Å². The maximum atomic E-state index is 12.3. The number of fused-ring (bicyclic) bond motifs is 1. The highest BCUT2D eigenvalue weighted by Crippen LogP contribution is 2.25. The molecule has 0 fully saturated rings. The Labute approximate surface area is 132 Å². The minimum absolute atomic E-state index is 0.132. The highest BCUT2D eigenvalue weighted by molar-refractivity contribution is 7.91. The molecule has 1 unspecified atom stereocenters. The molecule has 2 aromatic carbocycles. The molecule has 118 valence electrons. The van der Waals surface area contributed by atoms with E-state index in [9.17, 15) is 9.00 Å². The van der Waals surface area contributed by atoms with E-state index in [0.29, 0.717) is 16.7 Å². The number of hydrogen-bond acceptors (Lipinski definition) is 5. The van der Waals surface area contributed by atoms with Gasteiger partial charge in [-0.05, 0) is 30.3 Å². The van der Waals surface area contributed by atoms with Gasteiger partial charge in [0, 0.05) is 17.2 Å². The maximum absolute atomic E-state index is 12.3. The average molecular weight is 330 g/mol. The molecule has 8 heteroatoms. The van der Waals surface area contributed by atoms with Crippen molar-refractivity contribution in [3.8, 4) is 5.75 Å². The minimum Gasteiger partial charge on any atom is -0.366 e. The number of nitrogens with zero attached hydrogens (tertiary/aromatic N) is 2. The van der Waals surface area contributed by atoms with Gasteiger partial charge in [-0.1, -0.05) is 23.0 Å². The summed E-state index contributed by atoms with van der Waals surface area (Å²) in [5.74, 6) is -0.101. The number of primary amides is 1. The summed E-state index contributed by atoms with van der Waals surface area (Å²) in [6, 6.07) is 13.4. The molecule has 0 aliphatic rings. The first-order valence-electron chi connectivity index (χ1n) is 6.66. The van der Waals surface area contributed by atoms with Gasteiger partial charge in [0.2, 0.25) is 5.91 Å². The summed E-state index contributed by atoms with van der Waals surface area (Å²) in [5, 5.41) is 4.82. The average Bonchev–Trinajstić information content (AvgIpc) is 2.84. The molecule has 1 amide bonds. The standard InChI is InChI=1S/C15H14N4O3S/c1-23(17,21)15-12-8-7-10(14(16)20)9-13(12)18-19(15)22-11-5-3-2-4-6-11/h2-9,17H,1H3,(H2,16,20). The number of carbonyl (C=O) groups excluding carboxylic acids is 1. The topological polar surface area (TPSA) is 111 Å². The molecule has 0 radical (unpaired) electrons. The van der Waals surface area contributed by atoms with Crippen LogP contribution in [-0.2, 0) is 9.73 Å². The van der Waals surface area contributed by atoms with Crippen molar-refractivity contribution in [1.29, 1.82) is 4.78 Å². The van der Waals surface area contributed by atoms with Crippen LogP contribution in [0.1, 0.15) is 10.4 Å². The van der Waals surface area contributed by atoms with E-state index < -0.39 is 15.6 Å². The largest absolute Gasteiger partial charge is 0.366 e. The molecule has 0 saturated heterocycles. The number of nitrogens with two attached hydrogens (primary N) is 1. The number of benzene rings is 2. The van der Waals surface area contributed by atoms with Gasteiger partial charge in [-0.15, -0.1) is 5.10 Å². The van der Waals surface area contributed by atoms with Crippen LogP contribution in [0.4, 0.5) is 0 Å². The summed E-state index contributed by atoms with van der Waals surface area (Å²) < 4.78 is 20.2. The second kappa shape index (κ2) is 5.40. The van der Waals surface area contributed by atoms with E-state index in [4.69, 9.17) is 15.4 Å². The van der Waals surface area contributed by atoms with E-state index in [1.807, 2.05) is 6.07 Å². The Morgan fingerprint density at radius 2 is 1.96 bits per heavy atom. The number of aromatic nitrogens is 2. The SMILES string of the molecule is CS(=N)(=O)c1c2ccc(C(N)=O)cc2nn1Oc1ccccc1. The smallest absolute Gasteiger partial charge is 0.248 e. The molecule has 1 atom stereocenters.